The average Bonchev–Trinajstić information content (AvgIpc) is 2.98. The minimum atomic E-state index is -0.657. The summed E-state index contributed by atoms with van der Waals surface area (Å²) < 4.78 is 16.7. The van der Waals surface area contributed by atoms with E-state index in [2.05, 4.69) is 26.9 Å². The van der Waals surface area contributed by atoms with Crippen molar-refractivity contribution < 1.29 is 29.2 Å². The Morgan fingerprint density at radius 1 is 1.02 bits per heavy atom. The zero-order valence-corrected chi connectivity index (χ0v) is 24.5. The van der Waals surface area contributed by atoms with Crippen molar-refractivity contribution in [2.24, 2.45) is 4.99 Å². The molecule has 224 valence electrons. The van der Waals surface area contributed by atoms with Gasteiger partial charge in [0.1, 0.15) is 5.75 Å². The number of ether oxygens (including phenoxy) is 3. The summed E-state index contributed by atoms with van der Waals surface area (Å²) in [6.45, 7) is 7.20. The van der Waals surface area contributed by atoms with Crippen LogP contribution in [0.25, 0.3) is 0 Å². The van der Waals surface area contributed by atoms with Gasteiger partial charge >= 0.3 is 6.09 Å². The molecule has 0 saturated carbocycles. The van der Waals surface area contributed by atoms with Crippen LogP contribution in [0.2, 0.25) is 5.02 Å². The fraction of sp³-hybridized carbons (Fsp3) is 0.533. The number of carbonyl (C=O) groups is 1. The molecule has 1 fully saturated rings. The molecule has 2 aliphatic rings. The van der Waals surface area contributed by atoms with E-state index in [1.807, 2.05) is 31.2 Å². The number of unbranched alkanes of at least 4 members (excludes halogenated alkanes) is 1. The number of aliphatic hydroxyl groups excluding tert-OH is 2. The number of hydrogen-bond donors (Lipinski definition) is 2. The van der Waals surface area contributed by atoms with Crippen LogP contribution in [0.15, 0.2) is 41.4 Å². The van der Waals surface area contributed by atoms with E-state index in [9.17, 15) is 4.79 Å². The molecule has 0 spiro atoms. The van der Waals surface area contributed by atoms with Gasteiger partial charge in [0.2, 0.25) is 6.79 Å². The van der Waals surface area contributed by atoms with Gasteiger partial charge in [-0.05, 0) is 56.0 Å². The van der Waals surface area contributed by atoms with Gasteiger partial charge in [-0.3, -0.25) is 4.90 Å². The molecule has 2 aromatic carbocycles. The van der Waals surface area contributed by atoms with Crippen molar-refractivity contribution in [1.29, 1.82) is 0 Å². The van der Waals surface area contributed by atoms with Crippen molar-refractivity contribution in [2.45, 2.75) is 32.6 Å². The molecule has 10 nitrogen and oxygen atoms in total. The number of fused-ring (bicyclic) bond motifs is 1. The third kappa shape index (κ3) is 8.97. The maximum Gasteiger partial charge on any atom is 0.412 e. The maximum absolute atomic E-state index is 12.1. The molecule has 0 radical (unpaired) electrons. The standard InChI is InChI=1S/C30H41ClN4O6/c1-23-5-4-6-27(29(23)31)34-14-12-33(13-15-34)11-2-3-20-39-25-9-7-24-8-10-28(32-26(24)21-25)40-22-41-30(38)35(16-18-36)17-19-37/h4-7,9,21,36-37H,2-3,8,10-20,22H2,1H3. The van der Waals surface area contributed by atoms with Gasteiger partial charge in [0.15, 0.2) is 5.90 Å². The molecule has 2 N–H and O–H groups in total. The lowest BCUT2D eigenvalue weighted by atomic mass is 10.0. The normalized spacial score (nSPS) is 15.2. The third-order valence-electron chi connectivity index (χ3n) is 7.34. The molecule has 1 amide bonds. The van der Waals surface area contributed by atoms with Crippen LogP contribution in [-0.4, -0.2) is 104 Å². The van der Waals surface area contributed by atoms with Gasteiger partial charge in [0.25, 0.3) is 0 Å². The largest absolute Gasteiger partial charge is 0.494 e. The molecular formula is C30H41ClN4O6. The SMILES string of the molecule is Cc1cccc(N2CCN(CCCCOc3ccc4c(c3)N=C(OCOC(=O)N(CCO)CCO)CC4)CC2)c1Cl. The van der Waals surface area contributed by atoms with E-state index in [0.717, 1.165) is 85.3 Å². The molecule has 41 heavy (non-hydrogen) atoms. The number of piperazine rings is 1. The summed E-state index contributed by atoms with van der Waals surface area (Å²) in [6.07, 6.45) is 2.75. The Morgan fingerprint density at radius 3 is 2.56 bits per heavy atom. The van der Waals surface area contributed by atoms with Crippen molar-refractivity contribution in [1.82, 2.24) is 9.80 Å². The molecular weight excluding hydrogens is 548 g/mol. The van der Waals surface area contributed by atoms with Crippen molar-refractivity contribution >= 4 is 35.0 Å². The number of amides is 1. The van der Waals surface area contributed by atoms with E-state index in [1.165, 1.54) is 4.90 Å². The number of rotatable bonds is 13. The van der Waals surface area contributed by atoms with Crippen molar-refractivity contribution in [3.05, 3.63) is 52.5 Å². The molecule has 0 aromatic heterocycles. The Kier molecular flexibility index (Phi) is 11.9. The van der Waals surface area contributed by atoms with Gasteiger partial charge in [-0.1, -0.05) is 29.8 Å². The highest BCUT2D eigenvalue weighted by Gasteiger charge is 2.20. The zero-order chi connectivity index (χ0) is 29.0. The number of benzene rings is 2. The summed E-state index contributed by atoms with van der Waals surface area (Å²) in [5.74, 6) is 1.26. The molecule has 0 unspecified atom stereocenters. The molecule has 11 heteroatoms. The topological polar surface area (TPSA) is 107 Å². The fourth-order valence-electron chi connectivity index (χ4n) is 4.98. The average molecular weight is 589 g/mol. The summed E-state index contributed by atoms with van der Waals surface area (Å²) in [5.41, 5.74) is 4.16. The minimum Gasteiger partial charge on any atom is -0.494 e. The lowest BCUT2D eigenvalue weighted by Gasteiger charge is -2.36. The quantitative estimate of drug-likeness (QED) is 0.267. The van der Waals surface area contributed by atoms with E-state index in [4.69, 9.17) is 36.0 Å². The third-order valence-corrected chi connectivity index (χ3v) is 7.83. The number of nitrogens with zero attached hydrogens (tertiary/aromatic N) is 4. The molecule has 0 bridgehead atoms. The lowest BCUT2D eigenvalue weighted by Crippen LogP contribution is -2.46. The Balaban J connectivity index is 1.15. The monoisotopic (exact) mass is 588 g/mol. The van der Waals surface area contributed by atoms with Crippen LogP contribution in [0.4, 0.5) is 16.2 Å². The van der Waals surface area contributed by atoms with Crippen LogP contribution >= 0.6 is 11.6 Å². The molecule has 0 atom stereocenters. The molecule has 0 aliphatic carbocycles. The second-order valence-corrected chi connectivity index (χ2v) is 10.6. The van der Waals surface area contributed by atoms with Crippen LogP contribution in [0.5, 0.6) is 5.75 Å². The van der Waals surface area contributed by atoms with Gasteiger partial charge in [0.05, 0.1) is 36.2 Å². The second-order valence-electron chi connectivity index (χ2n) is 10.2. The summed E-state index contributed by atoms with van der Waals surface area (Å²) in [4.78, 5) is 22.7. The highest BCUT2D eigenvalue weighted by molar-refractivity contribution is 6.34. The first-order chi connectivity index (χ1) is 20.0. The highest BCUT2D eigenvalue weighted by Crippen LogP contribution is 2.31. The first-order valence-electron chi connectivity index (χ1n) is 14.3. The van der Waals surface area contributed by atoms with Gasteiger partial charge < -0.3 is 34.2 Å². The summed E-state index contributed by atoms with van der Waals surface area (Å²) >= 11 is 6.52. The van der Waals surface area contributed by atoms with Gasteiger partial charge in [0, 0.05) is 51.8 Å². The minimum absolute atomic E-state index is 0.0811. The number of aryl methyl sites for hydroxylation is 2. The Hall–Kier alpha value is -3.05. The van der Waals surface area contributed by atoms with Gasteiger partial charge in [-0.15, -0.1) is 0 Å². The molecule has 4 rings (SSSR count). The first-order valence-corrected chi connectivity index (χ1v) is 14.7. The zero-order valence-electron chi connectivity index (χ0n) is 23.8. The number of halogens is 1. The van der Waals surface area contributed by atoms with Crippen LogP contribution in [0, 0.1) is 6.92 Å². The van der Waals surface area contributed by atoms with Crippen LogP contribution in [0.3, 0.4) is 0 Å². The Morgan fingerprint density at radius 2 is 1.80 bits per heavy atom. The summed E-state index contributed by atoms with van der Waals surface area (Å²) in [5, 5.41) is 19.0. The smallest absolute Gasteiger partial charge is 0.412 e. The van der Waals surface area contributed by atoms with E-state index in [1.54, 1.807) is 0 Å². The van der Waals surface area contributed by atoms with Crippen LogP contribution < -0.4 is 9.64 Å². The summed E-state index contributed by atoms with van der Waals surface area (Å²) in [6, 6.07) is 12.2. The maximum atomic E-state index is 12.1. The van der Waals surface area contributed by atoms with Crippen molar-refractivity contribution in [2.75, 3.05) is 77.3 Å². The number of carbonyl (C=O) groups excluding carboxylic acids is 1. The van der Waals surface area contributed by atoms with Crippen molar-refractivity contribution in [3.8, 4) is 5.75 Å². The van der Waals surface area contributed by atoms with E-state index in [0.29, 0.717) is 18.9 Å². The fourth-order valence-corrected chi connectivity index (χ4v) is 5.22. The molecule has 1 saturated heterocycles. The lowest BCUT2D eigenvalue weighted by molar-refractivity contribution is 0.0220. The number of aliphatic hydroxyl groups is 2. The first kappa shape index (κ1) is 30.9. The molecule has 2 aliphatic heterocycles. The molecule has 2 aromatic rings. The predicted molar refractivity (Wildman–Crippen MR) is 160 cm³/mol. The summed E-state index contributed by atoms with van der Waals surface area (Å²) in [7, 11) is 0. The predicted octanol–water partition coefficient (Wildman–Crippen LogP) is 4.00. The van der Waals surface area contributed by atoms with Crippen LogP contribution in [-0.2, 0) is 15.9 Å². The molecule has 2 heterocycles. The van der Waals surface area contributed by atoms with E-state index >= 15 is 0 Å². The van der Waals surface area contributed by atoms with Gasteiger partial charge in [-0.2, -0.15) is 0 Å². The highest BCUT2D eigenvalue weighted by atomic mass is 35.5. The van der Waals surface area contributed by atoms with Gasteiger partial charge in [-0.25, -0.2) is 9.79 Å². The number of hydrogen-bond acceptors (Lipinski definition) is 9. The van der Waals surface area contributed by atoms with E-state index in [-0.39, 0.29) is 33.1 Å². The van der Waals surface area contributed by atoms with E-state index < -0.39 is 6.09 Å². The number of aliphatic imine (C=N–C) groups is 1. The van der Waals surface area contributed by atoms with Crippen molar-refractivity contribution in [3.63, 3.8) is 0 Å². The Labute approximate surface area is 247 Å². The second kappa shape index (κ2) is 15.8. The number of anilines is 1. The Bertz CT molecular complexity index is 1170. The van der Waals surface area contributed by atoms with Crippen LogP contribution in [0.1, 0.15) is 30.4 Å².